The summed E-state index contributed by atoms with van der Waals surface area (Å²) in [5.74, 6) is -3.08. The van der Waals surface area contributed by atoms with Crippen LogP contribution in [0.15, 0.2) is 41.3 Å². The molecular formula is C30H28ClF8NO5S. The van der Waals surface area contributed by atoms with E-state index in [0.29, 0.717) is 17.7 Å². The lowest BCUT2D eigenvalue weighted by atomic mass is 9.76. The van der Waals surface area contributed by atoms with Crippen molar-refractivity contribution >= 4 is 33.3 Å². The first-order valence-corrected chi connectivity index (χ1v) is 16.2. The number of carboxylic acids is 1. The Bertz CT molecular complexity index is 1670. The largest absolute Gasteiger partial charge is 0.481 e. The average Bonchev–Trinajstić information content (AvgIpc) is 3.38. The highest BCUT2D eigenvalue weighted by Crippen LogP contribution is 2.57. The quantitative estimate of drug-likeness (QED) is 0.335. The molecule has 2 aromatic rings. The summed E-state index contributed by atoms with van der Waals surface area (Å²) in [6, 6.07) is 3.76. The van der Waals surface area contributed by atoms with Crippen LogP contribution in [0.3, 0.4) is 0 Å². The highest BCUT2D eigenvalue weighted by Gasteiger charge is 2.74. The van der Waals surface area contributed by atoms with Crippen LogP contribution in [0.4, 0.5) is 35.1 Å². The van der Waals surface area contributed by atoms with Gasteiger partial charge in [0.15, 0.2) is 15.5 Å². The summed E-state index contributed by atoms with van der Waals surface area (Å²) < 4.78 is 140. The topological polar surface area (TPSA) is 91.8 Å². The van der Waals surface area contributed by atoms with Crippen molar-refractivity contribution < 1.29 is 58.2 Å². The summed E-state index contributed by atoms with van der Waals surface area (Å²) in [5, 5.41) is 9.33. The monoisotopic (exact) mass is 701 g/mol. The lowest BCUT2D eigenvalue weighted by Gasteiger charge is -2.44. The molecule has 16 heteroatoms. The molecule has 2 aromatic carbocycles. The van der Waals surface area contributed by atoms with Crippen LogP contribution in [0.25, 0.3) is 0 Å². The molecule has 1 amide bonds. The van der Waals surface area contributed by atoms with Crippen molar-refractivity contribution in [1.82, 2.24) is 4.90 Å². The number of aliphatic carboxylic acids is 1. The molecule has 2 fully saturated rings. The maximum atomic E-state index is 16.2. The fourth-order valence-corrected chi connectivity index (χ4v) is 9.86. The van der Waals surface area contributed by atoms with Gasteiger partial charge in [-0.25, -0.2) is 17.2 Å². The summed E-state index contributed by atoms with van der Waals surface area (Å²) in [6.07, 6.45) is -15.0. The Hall–Kier alpha value is -2.94. The first-order valence-electron chi connectivity index (χ1n) is 14.3. The zero-order valence-electron chi connectivity index (χ0n) is 24.1. The van der Waals surface area contributed by atoms with Crippen LogP contribution in [0.2, 0.25) is 5.02 Å². The van der Waals surface area contributed by atoms with Gasteiger partial charge in [-0.2, -0.15) is 26.3 Å². The highest BCUT2D eigenvalue weighted by atomic mass is 35.5. The van der Waals surface area contributed by atoms with Crippen molar-refractivity contribution in [2.75, 3.05) is 6.54 Å². The number of carbonyl (C=O) groups is 2. The maximum absolute atomic E-state index is 16.2. The number of likely N-dealkylation sites (tertiary alicyclic amines) is 1. The second kappa shape index (κ2) is 11.1. The van der Waals surface area contributed by atoms with Gasteiger partial charge in [0.05, 0.1) is 16.9 Å². The fraction of sp³-hybridized carbons (Fsp3) is 0.533. The fourth-order valence-electron chi connectivity index (χ4n) is 7.22. The average molecular weight is 702 g/mol. The minimum Gasteiger partial charge on any atom is -0.481 e. The molecule has 1 saturated heterocycles. The summed E-state index contributed by atoms with van der Waals surface area (Å²) in [7, 11) is -4.67. The second-order valence-electron chi connectivity index (χ2n) is 12.2. The predicted molar refractivity (Wildman–Crippen MR) is 148 cm³/mol. The molecule has 5 rings (SSSR count). The third-order valence-corrected chi connectivity index (χ3v) is 12.7. The smallest absolute Gasteiger partial charge is 0.435 e. The normalized spacial score (nSPS) is 27.2. The van der Waals surface area contributed by atoms with Gasteiger partial charge in [-0.15, -0.1) is 0 Å². The minimum absolute atomic E-state index is 0.0433. The summed E-state index contributed by atoms with van der Waals surface area (Å²) in [6.45, 7) is 1.26. The van der Waals surface area contributed by atoms with E-state index >= 15 is 8.78 Å². The number of hydrogen-bond donors (Lipinski definition) is 1. The molecule has 1 aliphatic heterocycles. The zero-order chi connectivity index (χ0) is 34.3. The first-order chi connectivity index (χ1) is 21.1. The van der Waals surface area contributed by atoms with Crippen molar-refractivity contribution in [2.24, 2.45) is 5.92 Å². The number of nitrogens with zero attached hydrogens (tertiary/aromatic N) is 1. The third kappa shape index (κ3) is 4.98. The van der Waals surface area contributed by atoms with Gasteiger partial charge in [0.1, 0.15) is 4.75 Å². The molecule has 0 radical (unpaired) electrons. The molecule has 2 atom stereocenters. The second-order valence-corrected chi connectivity index (χ2v) is 14.8. The Kier molecular flexibility index (Phi) is 8.27. The van der Waals surface area contributed by atoms with Crippen molar-refractivity contribution in [1.29, 1.82) is 0 Å². The third-order valence-electron chi connectivity index (χ3n) is 9.77. The molecule has 6 nitrogen and oxygen atoms in total. The molecule has 1 saturated carbocycles. The Labute approximate surface area is 263 Å². The van der Waals surface area contributed by atoms with Crippen LogP contribution in [-0.4, -0.2) is 60.9 Å². The lowest BCUT2D eigenvalue weighted by Crippen LogP contribution is -2.56. The number of fused-ring (bicyclic) bond motifs is 3. The molecule has 2 unspecified atom stereocenters. The molecule has 2 aliphatic carbocycles. The zero-order valence-corrected chi connectivity index (χ0v) is 25.7. The van der Waals surface area contributed by atoms with E-state index in [4.69, 9.17) is 11.6 Å². The molecule has 1 N–H and O–H groups in total. The lowest BCUT2D eigenvalue weighted by molar-refractivity contribution is -0.348. The standard InChI is InChI=1S/C30H28ClF8NO5S/c1-16-2-5-20(15-22(16)31)46(44,45)27-12-13-40(25(43)26(32)10-8-17(9-11-26)24(41)42)23(27)7-3-18-14-19(4-6-21(18)27)28(33,29(34,35)36)30(37,38)39/h2,4-6,14-15,17,23H,3,7-13H2,1H3,(H,41,42)/t17-,23?,26+,27?. The van der Waals surface area contributed by atoms with Crippen LogP contribution >= 0.6 is 11.6 Å². The van der Waals surface area contributed by atoms with E-state index in [2.05, 4.69) is 0 Å². The van der Waals surface area contributed by atoms with E-state index in [-0.39, 0.29) is 59.3 Å². The molecule has 0 spiro atoms. The summed E-state index contributed by atoms with van der Waals surface area (Å²) in [4.78, 5) is 25.8. The van der Waals surface area contributed by atoms with Crippen LogP contribution in [0, 0.1) is 12.8 Å². The number of amides is 1. The first kappa shape index (κ1) is 34.4. The summed E-state index contributed by atoms with van der Waals surface area (Å²) >= 11 is 6.21. The number of halogens is 9. The van der Waals surface area contributed by atoms with E-state index in [1.54, 1.807) is 6.92 Å². The van der Waals surface area contributed by atoms with E-state index in [9.17, 15) is 49.5 Å². The van der Waals surface area contributed by atoms with E-state index in [1.807, 2.05) is 0 Å². The minimum atomic E-state index is -6.40. The SMILES string of the molecule is Cc1ccc(S(=O)(=O)C23CCN(C(=O)[C@]4(F)CC[C@@H](C(=O)O)CC4)C2CCc2cc(C(F)(C(F)(F)F)C(F)(F)F)ccc23)cc1Cl. The number of sulfone groups is 1. The molecule has 1 heterocycles. The van der Waals surface area contributed by atoms with E-state index < -0.39 is 86.9 Å². The van der Waals surface area contributed by atoms with Gasteiger partial charge >= 0.3 is 24.0 Å². The van der Waals surface area contributed by atoms with Crippen LogP contribution in [-0.2, 0) is 36.3 Å². The number of benzene rings is 2. The van der Waals surface area contributed by atoms with Gasteiger partial charge in [0, 0.05) is 17.1 Å². The molecule has 3 aliphatic rings. The number of carboxylic acid groups (broad SMARTS) is 1. The molecule has 0 aromatic heterocycles. The predicted octanol–water partition coefficient (Wildman–Crippen LogP) is 7.14. The Morgan fingerprint density at radius 2 is 1.54 bits per heavy atom. The number of rotatable bonds is 5. The number of hydrogen-bond acceptors (Lipinski definition) is 4. The van der Waals surface area contributed by atoms with Crippen molar-refractivity contribution in [3.8, 4) is 0 Å². The van der Waals surface area contributed by atoms with E-state index in [1.165, 1.54) is 12.1 Å². The van der Waals surface area contributed by atoms with Crippen molar-refractivity contribution in [2.45, 2.75) is 91.2 Å². The number of aryl methyl sites for hydroxylation is 2. The molecule has 0 bridgehead atoms. The van der Waals surface area contributed by atoms with E-state index in [0.717, 1.165) is 11.0 Å². The van der Waals surface area contributed by atoms with Crippen LogP contribution < -0.4 is 0 Å². The van der Waals surface area contributed by atoms with Crippen LogP contribution in [0.5, 0.6) is 0 Å². The maximum Gasteiger partial charge on any atom is 0.435 e. The van der Waals surface area contributed by atoms with Gasteiger partial charge in [-0.1, -0.05) is 35.9 Å². The van der Waals surface area contributed by atoms with Crippen molar-refractivity contribution in [3.63, 3.8) is 0 Å². The number of alkyl halides is 8. The molecule has 252 valence electrons. The Balaban J connectivity index is 1.66. The number of carbonyl (C=O) groups excluding carboxylic acids is 1. The van der Waals surface area contributed by atoms with Gasteiger partial charge < -0.3 is 10.0 Å². The van der Waals surface area contributed by atoms with Gasteiger partial charge in [0.25, 0.3) is 5.91 Å². The Morgan fingerprint density at radius 1 is 0.935 bits per heavy atom. The van der Waals surface area contributed by atoms with Gasteiger partial charge in [-0.3, -0.25) is 9.59 Å². The van der Waals surface area contributed by atoms with Gasteiger partial charge in [0.2, 0.25) is 0 Å². The van der Waals surface area contributed by atoms with Crippen molar-refractivity contribution in [3.05, 3.63) is 63.7 Å². The van der Waals surface area contributed by atoms with Crippen LogP contribution in [0.1, 0.15) is 60.8 Å². The summed E-state index contributed by atoms with van der Waals surface area (Å²) in [5.41, 5.74) is -10.1. The highest BCUT2D eigenvalue weighted by molar-refractivity contribution is 7.92. The molecule has 46 heavy (non-hydrogen) atoms. The van der Waals surface area contributed by atoms with Gasteiger partial charge in [-0.05, 0) is 80.7 Å². The Morgan fingerprint density at radius 3 is 2.09 bits per heavy atom. The molecular weight excluding hydrogens is 674 g/mol.